The van der Waals surface area contributed by atoms with E-state index in [9.17, 15) is 0 Å². The fraction of sp³-hybridized carbons (Fsp3) is 0.600. The van der Waals surface area contributed by atoms with Gasteiger partial charge in [0, 0.05) is 19.0 Å². The van der Waals surface area contributed by atoms with E-state index in [1.807, 2.05) is 0 Å². The lowest BCUT2D eigenvalue weighted by atomic mass is 10.1. The first-order chi connectivity index (χ1) is 8.31. The van der Waals surface area contributed by atoms with Gasteiger partial charge in [0.25, 0.3) is 0 Å². The predicted octanol–water partition coefficient (Wildman–Crippen LogP) is 3.04. The molecule has 0 saturated heterocycles. The maximum absolute atomic E-state index is 5.72. The molecule has 1 aromatic carbocycles. The minimum Gasteiger partial charge on any atom is -0.490 e. The second kappa shape index (κ2) is 4.69. The van der Waals surface area contributed by atoms with Gasteiger partial charge in [-0.15, -0.1) is 0 Å². The zero-order chi connectivity index (χ0) is 11.7. The maximum Gasteiger partial charge on any atom is 0.123 e. The SMILES string of the molecule is CC1Cc2cc(CNC3CCCC3)ccc2O1. The summed E-state index contributed by atoms with van der Waals surface area (Å²) in [5.74, 6) is 1.09. The normalized spacial score (nSPS) is 23.7. The van der Waals surface area contributed by atoms with Crippen molar-refractivity contribution in [3.8, 4) is 5.75 Å². The summed E-state index contributed by atoms with van der Waals surface area (Å²) in [5.41, 5.74) is 2.77. The minimum atomic E-state index is 0.350. The molecule has 92 valence electrons. The second-order valence-corrected chi connectivity index (χ2v) is 5.44. The number of hydrogen-bond donors (Lipinski definition) is 1. The van der Waals surface area contributed by atoms with E-state index >= 15 is 0 Å². The van der Waals surface area contributed by atoms with E-state index in [0.29, 0.717) is 6.10 Å². The molecule has 17 heavy (non-hydrogen) atoms. The van der Waals surface area contributed by atoms with Crippen LogP contribution >= 0.6 is 0 Å². The van der Waals surface area contributed by atoms with Crippen molar-refractivity contribution in [2.24, 2.45) is 0 Å². The molecular formula is C15H21NO. The molecule has 0 aromatic heterocycles. The van der Waals surface area contributed by atoms with Gasteiger partial charge in [-0.1, -0.05) is 25.0 Å². The van der Waals surface area contributed by atoms with Crippen molar-refractivity contribution in [1.29, 1.82) is 0 Å². The van der Waals surface area contributed by atoms with Crippen molar-refractivity contribution in [2.75, 3.05) is 0 Å². The highest BCUT2D eigenvalue weighted by atomic mass is 16.5. The number of ether oxygens (including phenoxy) is 1. The molecule has 2 heteroatoms. The van der Waals surface area contributed by atoms with Crippen molar-refractivity contribution in [3.63, 3.8) is 0 Å². The molecule has 1 saturated carbocycles. The summed E-state index contributed by atoms with van der Waals surface area (Å²) in [7, 11) is 0. The zero-order valence-corrected chi connectivity index (χ0v) is 10.5. The van der Waals surface area contributed by atoms with Crippen LogP contribution in [0.4, 0.5) is 0 Å². The standard InChI is InChI=1S/C15H21NO/c1-11-8-13-9-12(6-7-15(13)17-11)10-16-14-4-2-3-5-14/h6-7,9,11,14,16H,2-5,8,10H2,1H3. The van der Waals surface area contributed by atoms with E-state index in [-0.39, 0.29) is 0 Å². The molecule has 2 aliphatic rings. The maximum atomic E-state index is 5.72. The smallest absolute Gasteiger partial charge is 0.123 e. The Morgan fingerprint density at radius 3 is 2.94 bits per heavy atom. The molecule has 0 radical (unpaired) electrons. The molecule has 1 aliphatic carbocycles. The molecule has 1 aliphatic heterocycles. The molecule has 0 amide bonds. The van der Waals surface area contributed by atoms with Crippen LogP contribution in [0.1, 0.15) is 43.7 Å². The number of nitrogens with one attached hydrogen (secondary N) is 1. The van der Waals surface area contributed by atoms with E-state index in [1.165, 1.54) is 36.8 Å². The highest BCUT2D eigenvalue weighted by Crippen LogP contribution is 2.29. The van der Waals surface area contributed by atoms with Crippen LogP contribution in [-0.2, 0) is 13.0 Å². The Bertz CT molecular complexity index is 396. The molecule has 1 atom stereocenters. The van der Waals surface area contributed by atoms with E-state index in [2.05, 4.69) is 30.4 Å². The number of benzene rings is 1. The lowest BCUT2D eigenvalue weighted by molar-refractivity contribution is 0.254. The van der Waals surface area contributed by atoms with E-state index in [1.54, 1.807) is 0 Å². The number of hydrogen-bond acceptors (Lipinski definition) is 2. The van der Waals surface area contributed by atoms with Crippen LogP contribution in [0.3, 0.4) is 0 Å². The lowest BCUT2D eigenvalue weighted by Gasteiger charge is -2.12. The van der Waals surface area contributed by atoms with Crippen LogP contribution in [0.25, 0.3) is 0 Å². The first-order valence-corrected chi connectivity index (χ1v) is 6.83. The molecule has 1 unspecified atom stereocenters. The minimum absolute atomic E-state index is 0.350. The van der Waals surface area contributed by atoms with Gasteiger partial charge in [-0.25, -0.2) is 0 Å². The Hall–Kier alpha value is -1.02. The molecule has 0 spiro atoms. The van der Waals surface area contributed by atoms with Gasteiger partial charge in [0.1, 0.15) is 11.9 Å². The Morgan fingerprint density at radius 2 is 2.12 bits per heavy atom. The monoisotopic (exact) mass is 231 g/mol. The molecular weight excluding hydrogens is 210 g/mol. The van der Waals surface area contributed by atoms with Crippen molar-refractivity contribution in [2.45, 2.75) is 57.7 Å². The number of rotatable bonds is 3. The van der Waals surface area contributed by atoms with Crippen LogP contribution in [0.5, 0.6) is 5.75 Å². The highest BCUT2D eigenvalue weighted by molar-refractivity contribution is 5.40. The average molecular weight is 231 g/mol. The summed E-state index contributed by atoms with van der Waals surface area (Å²) in [6.45, 7) is 3.14. The van der Waals surface area contributed by atoms with Gasteiger partial charge >= 0.3 is 0 Å². The summed E-state index contributed by atoms with van der Waals surface area (Å²) < 4.78 is 5.72. The van der Waals surface area contributed by atoms with Gasteiger partial charge in [0.15, 0.2) is 0 Å². The Kier molecular flexibility index (Phi) is 3.06. The van der Waals surface area contributed by atoms with Crippen LogP contribution in [0.2, 0.25) is 0 Å². The van der Waals surface area contributed by atoms with Crippen molar-refractivity contribution < 1.29 is 4.74 Å². The topological polar surface area (TPSA) is 21.3 Å². The molecule has 1 fully saturated rings. The second-order valence-electron chi connectivity index (χ2n) is 5.44. The summed E-state index contributed by atoms with van der Waals surface area (Å²) in [4.78, 5) is 0. The quantitative estimate of drug-likeness (QED) is 0.863. The zero-order valence-electron chi connectivity index (χ0n) is 10.5. The molecule has 2 nitrogen and oxygen atoms in total. The molecule has 0 bridgehead atoms. The van der Waals surface area contributed by atoms with Gasteiger partial charge in [-0.2, -0.15) is 0 Å². The third-order valence-corrected chi connectivity index (χ3v) is 3.91. The van der Waals surface area contributed by atoms with E-state index in [4.69, 9.17) is 4.74 Å². The summed E-state index contributed by atoms with van der Waals surface area (Å²) in [6, 6.07) is 7.38. The van der Waals surface area contributed by atoms with Crippen molar-refractivity contribution in [3.05, 3.63) is 29.3 Å². The van der Waals surface area contributed by atoms with Gasteiger partial charge in [0.2, 0.25) is 0 Å². The van der Waals surface area contributed by atoms with Crippen LogP contribution < -0.4 is 10.1 Å². The van der Waals surface area contributed by atoms with Crippen LogP contribution in [0.15, 0.2) is 18.2 Å². The average Bonchev–Trinajstić information content (AvgIpc) is 2.92. The van der Waals surface area contributed by atoms with E-state index in [0.717, 1.165) is 24.8 Å². The largest absolute Gasteiger partial charge is 0.490 e. The Morgan fingerprint density at radius 1 is 1.29 bits per heavy atom. The van der Waals surface area contributed by atoms with Gasteiger partial charge < -0.3 is 10.1 Å². The van der Waals surface area contributed by atoms with Crippen LogP contribution in [-0.4, -0.2) is 12.1 Å². The van der Waals surface area contributed by atoms with Gasteiger partial charge in [-0.3, -0.25) is 0 Å². The summed E-state index contributed by atoms with van der Waals surface area (Å²) >= 11 is 0. The Labute approximate surface area is 103 Å². The lowest BCUT2D eigenvalue weighted by Crippen LogP contribution is -2.25. The first kappa shape index (κ1) is 11.1. The highest BCUT2D eigenvalue weighted by Gasteiger charge is 2.19. The van der Waals surface area contributed by atoms with Gasteiger partial charge in [0.05, 0.1) is 0 Å². The molecule has 3 rings (SSSR count). The molecule has 1 N–H and O–H groups in total. The first-order valence-electron chi connectivity index (χ1n) is 6.83. The summed E-state index contributed by atoms with van der Waals surface area (Å²) in [6.07, 6.45) is 6.91. The fourth-order valence-electron chi connectivity index (χ4n) is 2.98. The van der Waals surface area contributed by atoms with Crippen LogP contribution in [0, 0.1) is 0 Å². The van der Waals surface area contributed by atoms with E-state index < -0.39 is 0 Å². The molecule has 1 aromatic rings. The predicted molar refractivity (Wildman–Crippen MR) is 69.3 cm³/mol. The third-order valence-electron chi connectivity index (χ3n) is 3.91. The van der Waals surface area contributed by atoms with Crippen molar-refractivity contribution >= 4 is 0 Å². The van der Waals surface area contributed by atoms with Gasteiger partial charge in [-0.05, 0) is 37.0 Å². The van der Waals surface area contributed by atoms with Crippen molar-refractivity contribution in [1.82, 2.24) is 5.32 Å². The third kappa shape index (κ3) is 2.47. The number of fused-ring (bicyclic) bond motifs is 1. The Balaban J connectivity index is 1.62. The fourth-order valence-corrected chi connectivity index (χ4v) is 2.98. The molecule has 1 heterocycles. The summed E-state index contributed by atoms with van der Waals surface area (Å²) in [5, 5.41) is 3.66.